The largest absolute Gasteiger partial charge is 0.399 e. The van der Waals surface area contributed by atoms with E-state index >= 15 is 0 Å². The van der Waals surface area contributed by atoms with E-state index in [2.05, 4.69) is 21.2 Å². The summed E-state index contributed by atoms with van der Waals surface area (Å²) in [5.41, 5.74) is 7.97. The van der Waals surface area contributed by atoms with Crippen LogP contribution in [0.1, 0.15) is 35.3 Å². The van der Waals surface area contributed by atoms with Crippen LogP contribution in [0.2, 0.25) is 0 Å². The van der Waals surface area contributed by atoms with Crippen LogP contribution in [0.3, 0.4) is 0 Å². The third-order valence-corrected chi connectivity index (χ3v) is 3.84. The highest BCUT2D eigenvalue weighted by atomic mass is 79.9. The van der Waals surface area contributed by atoms with E-state index in [4.69, 9.17) is 5.73 Å². The van der Waals surface area contributed by atoms with Crippen molar-refractivity contribution in [2.75, 3.05) is 5.73 Å². The lowest BCUT2D eigenvalue weighted by Crippen LogP contribution is -2.28. The second-order valence-electron chi connectivity index (χ2n) is 4.58. The van der Waals surface area contributed by atoms with Gasteiger partial charge in [0.2, 0.25) is 0 Å². The Hall–Kier alpha value is -1.81. The number of halogens is 1. The summed E-state index contributed by atoms with van der Waals surface area (Å²) in [6.45, 7) is 2.05. The van der Waals surface area contributed by atoms with Crippen molar-refractivity contribution < 1.29 is 4.79 Å². The Bertz CT molecular complexity index is 599. The summed E-state index contributed by atoms with van der Waals surface area (Å²) < 4.78 is 0.743. The zero-order valence-electron chi connectivity index (χ0n) is 11.3. The molecule has 0 saturated heterocycles. The fourth-order valence-corrected chi connectivity index (χ4v) is 2.49. The van der Waals surface area contributed by atoms with Crippen molar-refractivity contribution in [2.45, 2.75) is 19.4 Å². The number of nitrogens with one attached hydrogen (secondary N) is 1. The van der Waals surface area contributed by atoms with Gasteiger partial charge in [-0.25, -0.2) is 0 Å². The Labute approximate surface area is 127 Å². The number of carbonyl (C=O) groups is 1. The van der Waals surface area contributed by atoms with Gasteiger partial charge in [0.25, 0.3) is 5.91 Å². The van der Waals surface area contributed by atoms with Crippen molar-refractivity contribution in [3.8, 4) is 0 Å². The van der Waals surface area contributed by atoms with E-state index in [1.165, 1.54) is 0 Å². The monoisotopic (exact) mass is 332 g/mol. The first-order chi connectivity index (χ1) is 9.61. The van der Waals surface area contributed by atoms with Crippen molar-refractivity contribution in [1.82, 2.24) is 5.32 Å². The second kappa shape index (κ2) is 6.57. The SMILES string of the molecule is CCC(NC(=O)c1cc(N)ccc1Br)c1ccccc1. The van der Waals surface area contributed by atoms with E-state index < -0.39 is 0 Å². The third-order valence-electron chi connectivity index (χ3n) is 3.15. The molecule has 1 atom stereocenters. The van der Waals surface area contributed by atoms with Crippen LogP contribution in [-0.4, -0.2) is 5.91 Å². The van der Waals surface area contributed by atoms with Gasteiger partial charge < -0.3 is 11.1 Å². The van der Waals surface area contributed by atoms with Crippen molar-refractivity contribution in [3.05, 3.63) is 64.1 Å². The lowest BCUT2D eigenvalue weighted by molar-refractivity contribution is 0.0935. The molecule has 1 unspecified atom stereocenters. The standard InChI is InChI=1S/C16H17BrN2O/c1-2-15(11-6-4-3-5-7-11)19-16(20)13-10-12(18)8-9-14(13)17/h3-10,15H,2,18H2,1H3,(H,19,20). The number of hydrogen-bond acceptors (Lipinski definition) is 2. The summed E-state index contributed by atoms with van der Waals surface area (Å²) in [5, 5.41) is 3.04. The summed E-state index contributed by atoms with van der Waals surface area (Å²) in [4.78, 5) is 12.4. The molecular formula is C16H17BrN2O. The second-order valence-corrected chi connectivity index (χ2v) is 5.44. The number of nitrogen functional groups attached to an aromatic ring is 1. The average molecular weight is 333 g/mol. The van der Waals surface area contributed by atoms with E-state index in [1.54, 1.807) is 18.2 Å². The summed E-state index contributed by atoms with van der Waals surface area (Å²) in [7, 11) is 0. The Morgan fingerprint density at radius 2 is 1.95 bits per heavy atom. The fourth-order valence-electron chi connectivity index (χ4n) is 2.06. The van der Waals surface area contributed by atoms with E-state index in [9.17, 15) is 4.79 Å². The summed E-state index contributed by atoms with van der Waals surface area (Å²) in [6, 6.07) is 15.2. The number of amides is 1. The lowest BCUT2D eigenvalue weighted by Gasteiger charge is -2.18. The molecule has 4 heteroatoms. The minimum absolute atomic E-state index is 0.00275. The molecule has 2 aromatic carbocycles. The third kappa shape index (κ3) is 3.39. The molecule has 0 spiro atoms. The van der Waals surface area contributed by atoms with Gasteiger partial charge in [-0.1, -0.05) is 37.3 Å². The predicted molar refractivity (Wildman–Crippen MR) is 85.5 cm³/mol. The molecule has 3 N–H and O–H groups in total. The average Bonchev–Trinajstić information content (AvgIpc) is 2.48. The zero-order valence-corrected chi connectivity index (χ0v) is 12.9. The number of nitrogens with two attached hydrogens (primary N) is 1. The van der Waals surface area contributed by atoms with Crippen LogP contribution < -0.4 is 11.1 Å². The first-order valence-corrected chi connectivity index (χ1v) is 7.32. The van der Waals surface area contributed by atoms with E-state index in [0.717, 1.165) is 16.5 Å². The first kappa shape index (κ1) is 14.6. The highest BCUT2D eigenvalue weighted by Crippen LogP contribution is 2.22. The van der Waals surface area contributed by atoms with Gasteiger partial charge in [-0.3, -0.25) is 4.79 Å². The Balaban J connectivity index is 2.20. The molecule has 0 bridgehead atoms. The van der Waals surface area contributed by atoms with Crippen molar-refractivity contribution >= 4 is 27.5 Å². The van der Waals surface area contributed by atoms with Crippen LogP contribution in [0.5, 0.6) is 0 Å². The molecule has 0 aliphatic rings. The van der Waals surface area contributed by atoms with Gasteiger partial charge in [0.1, 0.15) is 0 Å². The minimum atomic E-state index is -0.125. The molecule has 0 radical (unpaired) electrons. The molecule has 0 heterocycles. The van der Waals surface area contributed by atoms with Crippen molar-refractivity contribution in [2.24, 2.45) is 0 Å². The number of rotatable bonds is 4. The molecule has 20 heavy (non-hydrogen) atoms. The van der Waals surface area contributed by atoms with Crippen molar-refractivity contribution in [1.29, 1.82) is 0 Å². The lowest BCUT2D eigenvalue weighted by atomic mass is 10.0. The maximum atomic E-state index is 12.4. The Kier molecular flexibility index (Phi) is 4.79. The van der Waals surface area contributed by atoms with E-state index in [0.29, 0.717) is 11.3 Å². The van der Waals surface area contributed by atoms with Gasteiger partial charge in [-0.15, -0.1) is 0 Å². The first-order valence-electron chi connectivity index (χ1n) is 6.52. The summed E-state index contributed by atoms with van der Waals surface area (Å²) in [5.74, 6) is -0.125. The molecule has 0 aliphatic heterocycles. The molecular weight excluding hydrogens is 316 g/mol. The molecule has 2 aromatic rings. The minimum Gasteiger partial charge on any atom is -0.399 e. The molecule has 104 valence electrons. The van der Waals surface area contributed by atoms with Gasteiger partial charge in [-0.2, -0.15) is 0 Å². The topological polar surface area (TPSA) is 55.1 Å². The number of anilines is 1. The maximum Gasteiger partial charge on any atom is 0.252 e. The maximum absolute atomic E-state index is 12.4. The van der Waals surface area contributed by atoms with Crippen LogP contribution in [-0.2, 0) is 0 Å². The smallest absolute Gasteiger partial charge is 0.252 e. The van der Waals surface area contributed by atoms with Crippen LogP contribution in [0.25, 0.3) is 0 Å². The van der Waals surface area contributed by atoms with Crippen LogP contribution in [0, 0.1) is 0 Å². The van der Waals surface area contributed by atoms with Gasteiger partial charge in [-0.05, 0) is 46.1 Å². The van der Waals surface area contributed by atoms with Crippen LogP contribution in [0.15, 0.2) is 53.0 Å². The van der Waals surface area contributed by atoms with Gasteiger partial charge in [0, 0.05) is 10.2 Å². The predicted octanol–water partition coefficient (Wildman–Crippen LogP) is 3.91. The van der Waals surface area contributed by atoms with Gasteiger partial charge in [0.15, 0.2) is 0 Å². The van der Waals surface area contributed by atoms with E-state index in [-0.39, 0.29) is 11.9 Å². The summed E-state index contributed by atoms with van der Waals surface area (Å²) in [6.07, 6.45) is 0.829. The highest BCUT2D eigenvalue weighted by Gasteiger charge is 2.16. The van der Waals surface area contributed by atoms with Crippen LogP contribution in [0.4, 0.5) is 5.69 Å². The highest BCUT2D eigenvalue weighted by molar-refractivity contribution is 9.10. The van der Waals surface area contributed by atoms with Crippen molar-refractivity contribution in [3.63, 3.8) is 0 Å². The zero-order chi connectivity index (χ0) is 14.5. The molecule has 0 saturated carbocycles. The van der Waals surface area contributed by atoms with Gasteiger partial charge in [0.05, 0.1) is 11.6 Å². The Morgan fingerprint density at radius 1 is 1.25 bits per heavy atom. The Morgan fingerprint density at radius 3 is 2.60 bits per heavy atom. The number of hydrogen-bond donors (Lipinski definition) is 2. The molecule has 1 amide bonds. The normalized spacial score (nSPS) is 11.9. The van der Waals surface area contributed by atoms with Gasteiger partial charge >= 0.3 is 0 Å². The molecule has 0 aromatic heterocycles. The molecule has 3 nitrogen and oxygen atoms in total. The number of carbonyl (C=O) groups excluding carboxylic acids is 1. The van der Waals surface area contributed by atoms with Crippen LogP contribution >= 0.6 is 15.9 Å². The molecule has 2 rings (SSSR count). The molecule has 0 fully saturated rings. The van der Waals surface area contributed by atoms with E-state index in [1.807, 2.05) is 37.3 Å². The fraction of sp³-hybridized carbons (Fsp3) is 0.188. The number of benzene rings is 2. The quantitative estimate of drug-likeness (QED) is 0.834. The summed E-state index contributed by atoms with van der Waals surface area (Å²) >= 11 is 3.38. The molecule has 0 aliphatic carbocycles.